The van der Waals surface area contributed by atoms with E-state index in [-0.39, 0.29) is 11.7 Å². The van der Waals surface area contributed by atoms with Gasteiger partial charge < -0.3 is 9.64 Å². The maximum Gasteiger partial charge on any atom is 0.166 e. The lowest BCUT2D eigenvalue weighted by Crippen LogP contribution is -2.36. The third kappa shape index (κ3) is 2.82. The van der Waals surface area contributed by atoms with E-state index in [0.717, 1.165) is 32.1 Å². The number of anilines is 1. The number of carbonyl (C=O) groups is 1. The predicted octanol–water partition coefficient (Wildman–Crippen LogP) is 1.76. The lowest BCUT2D eigenvalue weighted by Gasteiger charge is -2.27. The summed E-state index contributed by atoms with van der Waals surface area (Å²) in [6, 6.07) is 3.78. The van der Waals surface area contributed by atoms with Crippen LogP contribution in [0.4, 0.5) is 5.82 Å². The van der Waals surface area contributed by atoms with Crippen LogP contribution in [0.5, 0.6) is 0 Å². The summed E-state index contributed by atoms with van der Waals surface area (Å²) in [6.07, 6.45) is 1.67. The van der Waals surface area contributed by atoms with Crippen molar-refractivity contribution in [3.8, 4) is 0 Å². The van der Waals surface area contributed by atoms with Crippen molar-refractivity contribution in [2.45, 2.75) is 13.8 Å². The fourth-order valence-electron chi connectivity index (χ4n) is 1.84. The van der Waals surface area contributed by atoms with Gasteiger partial charge in [0.05, 0.1) is 13.2 Å². The summed E-state index contributed by atoms with van der Waals surface area (Å²) in [4.78, 5) is 18.3. The standard InChI is InChI=1S/C13H18N2O2/c1-10(2)13(16)11-3-4-12(14-9-11)15-5-7-17-8-6-15/h3-4,9-10H,5-8H2,1-2H3. The van der Waals surface area contributed by atoms with E-state index in [1.54, 1.807) is 6.20 Å². The Morgan fingerprint density at radius 3 is 2.59 bits per heavy atom. The minimum atomic E-state index is 0.0195. The Kier molecular flexibility index (Phi) is 3.74. The number of carbonyl (C=O) groups excluding carboxylic acids is 1. The number of ether oxygens (including phenoxy) is 1. The van der Waals surface area contributed by atoms with Crippen molar-refractivity contribution < 1.29 is 9.53 Å². The first kappa shape index (κ1) is 12.0. The average molecular weight is 234 g/mol. The van der Waals surface area contributed by atoms with Gasteiger partial charge in [-0.1, -0.05) is 13.8 Å². The van der Waals surface area contributed by atoms with E-state index in [4.69, 9.17) is 4.74 Å². The summed E-state index contributed by atoms with van der Waals surface area (Å²) in [6.45, 7) is 7.02. The highest BCUT2D eigenvalue weighted by molar-refractivity contribution is 5.97. The molecule has 0 spiro atoms. The first-order valence-electron chi connectivity index (χ1n) is 6.01. The van der Waals surface area contributed by atoms with Crippen LogP contribution in [0.15, 0.2) is 18.3 Å². The SMILES string of the molecule is CC(C)C(=O)c1ccc(N2CCOCC2)nc1. The van der Waals surface area contributed by atoms with E-state index in [1.165, 1.54) is 0 Å². The van der Waals surface area contributed by atoms with Gasteiger partial charge in [0.15, 0.2) is 5.78 Å². The second kappa shape index (κ2) is 5.27. The molecule has 1 saturated heterocycles. The molecule has 1 aromatic rings. The van der Waals surface area contributed by atoms with Crippen LogP contribution in [0.1, 0.15) is 24.2 Å². The number of aromatic nitrogens is 1. The fourth-order valence-corrected chi connectivity index (χ4v) is 1.84. The highest BCUT2D eigenvalue weighted by Gasteiger charge is 2.14. The van der Waals surface area contributed by atoms with Gasteiger partial charge in [0, 0.05) is 30.8 Å². The zero-order valence-electron chi connectivity index (χ0n) is 10.3. The number of hydrogen-bond donors (Lipinski definition) is 0. The molecule has 4 nitrogen and oxygen atoms in total. The molecule has 1 aromatic heterocycles. The van der Waals surface area contributed by atoms with Gasteiger partial charge in [-0.15, -0.1) is 0 Å². The van der Waals surface area contributed by atoms with E-state index >= 15 is 0 Å². The van der Waals surface area contributed by atoms with Crippen LogP contribution in [-0.2, 0) is 4.74 Å². The minimum Gasteiger partial charge on any atom is -0.378 e. The second-order valence-electron chi connectivity index (χ2n) is 4.52. The van der Waals surface area contributed by atoms with Gasteiger partial charge in [-0.3, -0.25) is 4.79 Å². The number of pyridine rings is 1. The number of morpholine rings is 1. The second-order valence-corrected chi connectivity index (χ2v) is 4.52. The average Bonchev–Trinajstić information content (AvgIpc) is 2.39. The normalized spacial score (nSPS) is 16.3. The Morgan fingerprint density at radius 1 is 1.35 bits per heavy atom. The molecule has 0 unspecified atom stereocenters. The molecule has 0 saturated carbocycles. The van der Waals surface area contributed by atoms with Gasteiger partial charge in [-0.2, -0.15) is 0 Å². The number of rotatable bonds is 3. The molecule has 1 aliphatic heterocycles. The summed E-state index contributed by atoms with van der Waals surface area (Å²) >= 11 is 0. The molecule has 92 valence electrons. The molecular formula is C13H18N2O2. The van der Waals surface area contributed by atoms with Crippen LogP contribution in [0.2, 0.25) is 0 Å². The third-order valence-corrected chi connectivity index (χ3v) is 2.89. The van der Waals surface area contributed by atoms with Crippen LogP contribution in [-0.4, -0.2) is 37.1 Å². The largest absolute Gasteiger partial charge is 0.378 e. The summed E-state index contributed by atoms with van der Waals surface area (Å²) < 4.78 is 5.29. The number of nitrogens with zero attached hydrogens (tertiary/aromatic N) is 2. The van der Waals surface area contributed by atoms with E-state index in [0.29, 0.717) is 5.56 Å². The molecule has 1 aliphatic rings. The van der Waals surface area contributed by atoms with E-state index in [9.17, 15) is 4.79 Å². The Bertz CT molecular complexity index is 381. The maximum atomic E-state index is 11.8. The molecule has 2 rings (SSSR count). The van der Waals surface area contributed by atoms with Crippen LogP contribution >= 0.6 is 0 Å². The Hall–Kier alpha value is -1.42. The van der Waals surface area contributed by atoms with Crippen molar-refractivity contribution in [1.82, 2.24) is 4.98 Å². The summed E-state index contributed by atoms with van der Waals surface area (Å²) in [7, 11) is 0. The lowest BCUT2D eigenvalue weighted by atomic mass is 10.0. The highest BCUT2D eigenvalue weighted by atomic mass is 16.5. The van der Waals surface area contributed by atoms with Crippen molar-refractivity contribution in [2.75, 3.05) is 31.2 Å². The van der Waals surface area contributed by atoms with Gasteiger partial charge >= 0.3 is 0 Å². The Labute approximate surface area is 102 Å². The van der Waals surface area contributed by atoms with Crippen LogP contribution in [0.3, 0.4) is 0 Å². The van der Waals surface area contributed by atoms with Gasteiger partial charge in [0.1, 0.15) is 5.82 Å². The summed E-state index contributed by atoms with van der Waals surface area (Å²) in [5.74, 6) is 1.09. The quantitative estimate of drug-likeness (QED) is 0.747. The van der Waals surface area contributed by atoms with Crippen molar-refractivity contribution in [1.29, 1.82) is 0 Å². The van der Waals surface area contributed by atoms with Gasteiger partial charge in [0.25, 0.3) is 0 Å². The molecule has 0 amide bonds. The van der Waals surface area contributed by atoms with Gasteiger partial charge in [0.2, 0.25) is 0 Å². The molecule has 0 N–H and O–H groups in total. The predicted molar refractivity (Wildman–Crippen MR) is 66.4 cm³/mol. The monoisotopic (exact) mass is 234 g/mol. The summed E-state index contributed by atoms with van der Waals surface area (Å²) in [5, 5.41) is 0. The van der Waals surface area contributed by atoms with E-state index < -0.39 is 0 Å². The van der Waals surface area contributed by atoms with Crippen molar-refractivity contribution in [2.24, 2.45) is 5.92 Å². The summed E-state index contributed by atoms with van der Waals surface area (Å²) in [5.41, 5.74) is 0.692. The number of hydrogen-bond acceptors (Lipinski definition) is 4. The first-order chi connectivity index (χ1) is 8.18. The Morgan fingerprint density at radius 2 is 2.06 bits per heavy atom. The molecule has 0 atom stereocenters. The highest BCUT2D eigenvalue weighted by Crippen LogP contribution is 2.14. The van der Waals surface area contributed by atoms with Gasteiger partial charge in [-0.05, 0) is 12.1 Å². The zero-order valence-corrected chi connectivity index (χ0v) is 10.3. The lowest BCUT2D eigenvalue weighted by molar-refractivity contribution is 0.0939. The first-order valence-corrected chi connectivity index (χ1v) is 6.01. The van der Waals surface area contributed by atoms with Crippen LogP contribution in [0.25, 0.3) is 0 Å². The van der Waals surface area contributed by atoms with Gasteiger partial charge in [-0.25, -0.2) is 4.98 Å². The third-order valence-electron chi connectivity index (χ3n) is 2.89. The van der Waals surface area contributed by atoms with Crippen molar-refractivity contribution in [3.05, 3.63) is 23.9 Å². The van der Waals surface area contributed by atoms with Crippen molar-refractivity contribution >= 4 is 11.6 Å². The topological polar surface area (TPSA) is 42.4 Å². The molecule has 4 heteroatoms. The molecule has 0 aliphatic carbocycles. The number of ketones is 1. The molecular weight excluding hydrogens is 216 g/mol. The van der Waals surface area contributed by atoms with Crippen molar-refractivity contribution in [3.63, 3.8) is 0 Å². The van der Waals surface area contributed by atoms with E-state index in [1.807, 2.05) is 26.0 Å². The fraction of sp³-hybridized carbons (Fsp3) is 0.538. The smallest absolute Gasteiger partial charge is 0.166 e. The maximum absolute atomic E-state index is 11.8. The molecule has 0 radical (unpaired) electrons. The van der Waals surface area contributed by atoms with Crippen LogP contribution < -0.4 is 4.90 Å². The molecule has 2 heterocycles. The minimum absolute atomic E-state index is 0.0195. The Balaban J connectivity index is 2.09. The van der Waals surface area contributed by atoms with Crippen LogP contribution in [0, 0.1) is 5.92 Å². The molecule has 0 bridgehead atoms. The van der Waals surface area contributed by atoms with E-state index in [2.05, 4.69) is 9.88 Å². The number of Topliss-reactive ketones (excluding diaryl/α,β-unsaturated/α-hetero) is 1. The molecule has 0 aromatic carbocycles. The molecule has 1 fully saturated rings. The zero-order chi connectivity index (χ0) is 12.3. The molecule has 17 heavy (non-hydrogen) atoms.